The van der Waals surface area contributed by atoms with Crippen LogP contribution in [0.4, 0.5) is 4.39 Å². The Balaban J connectivity index is 1.24. The van der Waals surface area contributed by atoms with Crippen molar-refractivity contribution in [2.24, 2.45) is 23.7 Å². The summed E-state index contributed by atoms with van der Waals surface area (Å²) < 4.78 is 13.9. The minimum absolute atomic E-state index is 0.0348. The Hall–Kier alpha value is -2.81. The molecule has 1 aliphatic carbocycles. The average molecular weight is 502 g/mol. The number of nitrogens with zero attached hydrogens (tertiary/aromatic N) is 1. The van der Waals surface area contributed by atoms with Crippen LogP contribution in [0.15, 0.2) is 24.3 Å². The van der Waals surface area contributed by atoms with E-state index in [1.54, 1.807) is 17.0 Å². The van der Waals surface area contributed by atoms with Crippen LogP contribution in [0, 0.1) is 23.7 Å². The third-order valence-electron chi connectivity index (χ3n) is 8.00. The Morgan fingerprint density at radius 2 is 1.86 bits per heavy atom. The summed E-state index contributed by atoms with van der Waals surface area (Å²) in [5, 5.41) is 15.6. The number of fused-ring (bicyclic) bond motifs is 1. The Morgan fingerprint density at radius 1 is 1.17 bits per heavy atom. The zero-order valence-electron chi connectivity index (χ0n) is 20.9. The molecule has 3 N–H and O–H groups in total. The van der Waals surface area contributed by atoms with Gasteiger partial charge in [0.2, 0.25) is 11.8 Å². The van der Waals surface area contributed by atoms with Crippen molar-refractivity contribution in [1.29, 1.82) is 0 Å². The van der Waals surface area contributed by atoms with E-state index in [9.17, 15) is 23.6 Å². The quantitative estimate of drug-likeness (QED) is 0.495. The standard InChI is InChI=1S/C27H36FN3O5/c1-15(10-22-29-24-16(2)12-20(28)14-21(24)26(34)30-22)11-23(32)31-8-6-17(7-9-31)25(33)18-4-3-5-19(13-18)27(35)36/h3-5,13,15-17,20-22,24,29H,6-12,14H2,1-2H3,(H,30,34)(H,35,36)/t15-,16?,20?,21?,22?,24?/m0/s1. The lowest BCUT2D eigenvalue weighted by molar-refractivity contribution is -0.134. The summed E-state index contributed by atoms with van der Waals surface area (Å²) in [7, 11) is 0. The van der Waals surface area contributed by atoms with Crippen molar-refractivity contribution in [2.45, 2.75) is 70.8 Å². The number of hydrogen-bond acceptors (Lipinski definition) is 5. The molecule has 1 aromatic carbocycles. The number of likely N-dealkylation sites (tertiary alicyclic amines) is 1. The molecule has 8 nitrogen and oxygen atoms in total. The molecular weight excluding hydrogens is 465 g/mol. The fraction of sp³-hybridized carbons (Fsp3) is 0.630. The van der Waals surface area contributed by atoms with Crippen LogP contribution in [0.5, 0.6) is 0 Å². The molecule has 2 aliphatic heterocycles. The van der Waals surface area contributed by atoms with E-state index in [1.165, 1.54) is 12.1 Å². The van der Waals surface area contributed by atoms with Crippen molar-refractivity contribution in [1.82, 2.24) is 15.5 Å². The molecule has 2 amide bonds. The van der Waals surface area contributed by atoms with Gasteiger partial charge in [0.15, 0.2) is 5.78 Å². The number of carboxylic acid groups (broad SMARTS) is 1. The van der Waals surface area contributed by atoms with Gasteiger partial charge >= 0.3 is 5.97 Å². The second-order valence-electron chi connectivity index (χ2n) is 10.9. The molecule has 196 valence electrons. The fourth-order valence-corrected chi connectivity index (χ4v) is 6.04. The number of aromatic carboxylic acids is 1. The highest BCUT2D eigenvalue weighted by atomic mass is 19.1. The third kappa shape index (κ3) is 5.94. The van der Waals surface area contributed by atoms with Crippen LogP contribution < -0.4 is 10.6 Å². The van der Waals surface area contributed by atoms with Gasteiger partial charge < -0.3 is 15.3 Å². The van der Waals surface area contributed by atoms with E-state index in [1.807, 2.05) is 13.8 Å². The molecule has 2 saturated heterocycles. The topological polar surface area (TPSA) is 116 Å². The summed E-state index contributed by atoms with van der Waals surface area (Å²) in [5.74, 6) is -1.66. The van der Waals surface area contributed by atoms with Gasteiger partial charge in [0.1, 0.15) is 6.17 Å². The maximum Gasteiger partial charge on any atom is 0.335 e. The van der Waals surface area contributed by atoms with Crippen LogP contribution in [0.25, 0.3) is 0 Å². The molecule has 0 bridgehead atoms. The van der Waals surface area contributed by atoms with Crippen LogP contribution in [0.1, 0.15) is 73.1 Å². The summed E-state index contributed by atoms with van der Waals surface area (Å²) in [4.78, 5) is 51.3. The van der Waals surface area contributed by atoms with Crippen LogP contribution in [-0.4, -0.2) is 65.0 Å². The molecule has 4 rings (SSSR count). The summed E-state index contributed by atoms with van der Waals surface area (Å²) in [6.07, 6.45) is 1.62. The van der Waals surface area contributed by atoms with Gasteiger partial charge in [-0.2, -0.15) is 0 Å². The first kappa shape index (κ1) is 26.3. The van der Waals surface area contributed by atoms with Gasteiger partial charge in [0, 0.05) is 37.0 Å². The molecule has 36 heavy (non-hydrogen) atoms. The number of carboxylic acids is 1. The van der Waals surface area contributed by atoms with E-state index in [0.29, 0.717) is 50.8 Å². The molecule has 0 spiro atoms. The number of carbonyl (C=O) groups is 4. The molecule has 3 fully saturated rings. The van der Waals surface area contributed by atoms with Crippen LogP contribution in [0.2, 0.25) is 0 Å². The van der Waals surface area contributed by atoms with E-state index < -0.39 is 12.1 Å². The van der Waals surface area contributed by atoms with Gasteiger partial charge in [-0.1, -0.05) is 26.0 Å². The van der Waals surface area contributed by atoms with E-state index in [4.69, 9.17) is 5.11 Å². The Kier molecular flexibility index (Phi) is 8.07. The maximum atomic E-state index is 13.9. The molecule has 6 atom stereocenters. The molecule has 1 aromatic rings. The van der Waals surface area contributed by atoms with Crippen LogP contribution >= 0.6 is 0 Å². The second-order valence-corrected chi connectivity index (χ2v) is 10.9. The lowest BCUT2D eigenvalue weighted by atomic mass is 9.75. The number of halogens is 1. The third-order valence-corrected chi connectivity index (χ3v) is 8.00. The molecule has 0 radical (unpaired) electrons. The number of nitrogens with one attached hydrogen (secondary N) is 2. The number of Topliss-reactive ketones (excluding diaryl/α,β-unsaturated/α-hetero) is 1. The highest BCUT2D eigenvalue weighted by Gasteiger charge is 2.44. The minimum Gasteiger partial charge on any atom is -0.478 e. The van der Waals surface area contributed by atoms with Gasteiger partial charge in [-0.15, -0.1) is 0 Å². The minimum atomic E-state index is -1.07. The normalized spacial score (nSPS) is 29.7. The van der Waals surface area contributed by atoms with Gasteiger partial charge in [0.25, 0.3) is 0 Å². The number of alkyl halides is 1. The monoisotopic (exact) mass is 501 g/mol. The van der Waals surface area contributed by atoms with Crippen molar-refractivity contribution in [3.05, 3.63) is 35.4 Å². The first-order valence-corrected chi connectivity index (χ1v) is 13.0. The van der Waals surface area contributed by atoms with Crippen molar-refractivity contribution >= 4 is 23.6 Å². The van der Waals surface area contributed by atoms with Gasteiger partial charge in [0.05, 0.1) is 17.6 Å². The van der Waals surface area contributed by atoms with Crippen LogP contribution in [0.3, 0.4) is 0 Å². The lowest BCUT2D eigenvalue weighted by Gasteiger charge is -2.44. The van der Waals surface area contributed by atoms with E-state index >= 15 is 0 Å². The van der Waals surface area contributed by atoms with Gasteiger partial charge in [-0.05, 0) is 56.1 Å². The van der Waals surface area contributed by atoms with Gasteiger partial charge in [-0.25, -0.2) is 9.18 Å². The Labute approximate surface area is 211 Å². The lowest BCUT2D eigenvalue weighted by Crippen LogP contribution is -2.65. The Morgan fingerprint density at radius 3 is 2.56 bits per heavy atom. The highest BCUT2D eigenvalue weighted by Crippen LogP contribution is 2.34. The van der Waals surface area contributed by atoms with E-state index in [2.05, 4.69) is 10.6 Å². The van der Waals surface area contributed by atoms with E-state index in [-0.39, 0.29) is 65.5 Å². The first-order chi connectivity index (χ1) is 17.1. The second kappa shape index (κ2) is 11.1. The van der Waals surface area contributed by atoms with Crippen molar-refractivity contribution in [3.63, 3.8) is 0 Å². The molecule has 0 aromatic heterocycles. The summed E-state index contributed by atoms with van der Waals surface area (Å²) in [6, 6.07) is 6.05. The number of hydrogen-bond donors (Lipinski definition) is 3. The number of carbonyl (C=O) groups excluding carboxylic acids is 3. The largest absolute Gasteiger partial charge is 0.478 e. The maximum absolute atomic E-state index is 13.9. The fourth-order valence-electron chi connectivity index (χ4n) is 6.04. The molecule has 2 heterocycles. The SMILES string of the molecule is CC1CC(F)CC2C(=O)NC(C[C@H](C)CC(=O)N3CCC(C(=O)c4cccc(C(=O)O)c4)CC3)NC12. The number of rotatable bonds is 7. The first-order valence-electron chi connectivity index (χ1n) is 13.0. The summed E-state index contributed by atoms with van der Waals surface area (Å²) in [6.45, 7) is 4.96. The number of benzene rings is 1. The number of amides is 2. The number of piperidine rings is 1. The predicted octanol–water partition coefficient (Wildman–Crippen LogP) is 3.02. The van der Waals surface area contributed by atoms with Gasteiger partial charge in [-0.3, -0.25) is 19.7 Å². The zero-order valence-corrected chi connectivity index (χ0v) is 20.9. The van der Waals surface area contributed by atoms with Crippen LogP contribution in [-0.2, 0) is 9.59 Å². The van der Waals surface area contributed by atoms with Crippen molar-refractivity contribution < 1.29 is 28.7 Å². The summed E-state index contributed by atoms with van der Waals surface area (Å²) in [5.41, 5.74) is 0.484. The summed E-state index contributed by atoms with van der Waals surface area (Å²) >= 11 is 0. The average Bonchev–Trinajstić information content (AvgIpc) is 2.84. The smallest absolute Gasteiger partial charge is 0.335 e. The highest BCUT2D eigenvalue weighted by molar-refractivity contribution is 6.00. The molecule has 3 aliphatic rings. The molecule has 5 unspecified atom stereocenters. The number of ketones is 1. The predicted molar refractivity (Wildman–Crippen MR) is 131 cm³/mol. The molecule has 1 saturated carbocycles. The van der Waals surface area contributed by atoms with Crippen molar-refractivity contribution in [2.75, 3.05) is 13.1 Å². The van der Waals surface area contributed by atoms with E-state index in [0.717, 1.165) is 0 Å². The van der Waals surface area contributed by atoms with Crippen molar-refractivity contribution in [3.8, 4) is 0 Å². The molecule has 9 heteroatoms. The molecular formula is C27H36FN3O5. The zero-order chi connectivity index (χ0) is 26.0. The Bertz CT molecular complexity index is 1010.